The number of piperidine rings is 1. The highest BCUT2D eigenvalue weighted by molar-refractivity contribution is 4.90. The second kappa shape index (κ2) is 6.17. The fourth-order valence-corrected chi connectivity index (χ4v) is 2.29. The van der Waals surface area contributed by atoms with E-state index in [0.717, 1.165) is 31.4 Å². The van der Waals surface area contributed by atoms with Crippen molar-refractivity contribution in [1.29, 1.82) is 0 Å². The average molecular weight is 236 g/mol. The molecule has 1 saturated heterocycles. The minimum Gasteiger partial charge on any atom is -0.337 e. The van der Waals surface area contributed by atoms with Crippen molar-refractivity contribution in [2.24, 2.45) is 13.0 Å². The molecule has 1 N–H and O–H groups in total. The predicted octanol–water partition coefficient (Wildman–Crippen LogP) is 1.24. The summed E-state index contributed by atoms with van der Waals surface area (Å²) in [5.74, 6) is 2.03. The van der Waals surface area contributed by atoms with Gasteiger partial charge in [-0.3, -0.25) is 0 Å². The standard InChI is InChI=1S/C13H24N4/c1-12-3-7-17(8-4-12)10-5-14-11-13-15-6-9-16(13)2/h6,9,12,14H,3-5,7-8,10-11H2,1-2H3. The van der Waals surface area contributed by atoms with Crippen molar-refractivity contribution in [3.8, 4) is 0 Å². The maximum absolute atomic E-state index is 4.30. The lowest BCUT2D eigenvalue weighted by atomic mass is 9.99. The first-order chi connectivity index (χ1) is 8.25. The zero-order valence-corrected chi connectivity index (χ0v) is 11.0. The van der Waals surface area contributed by atoms with Crippen molar-refractivity contribution < 1.29 is 0 Å². The number of hydrogen-bond acceptors (Lipinski definition) is 3. The van der Waals surface area contributed by atoms with Gasteiger partial charge in [0.2, 0.25) is 0 Å². The highest BCUT2D eigenvalue weighted by Crippen LogP contribution is 2.14. The van der Waals surface area contributed by atoms with Crippen molar-refractivity contribution in [2.45, 2.75) is 26.3 Å². The van der Waals surface area contributed by atoms with Crippen LogP contribution in [0.1, 0.15) is 25.6 Å². The number of nitrogens with zero attached hydrogens (tertiary/aromatic N) is 3. The van der Waals surface area contributed by atoms with E-state index in [2.05, 4.69) is 26.7 Å². The van der Waals surface area contributed by atoms with Crippen molar-refractivity contribution in [2.75, 3.05) is 26.2 Å². The number of aryl methyl sites for hydroxylation is 1. The summed E-state index contributed by atoms with van der Waals surface area (Å²) < 4.78 is 2.07. The third-order valence-electron chi connectivity index (χ3n) is 3.69. The van der Waals surface area contributed by atoms with Crippen LogP contribution in [0.4, 0.5) is 0 Å². The monoisotopic (exact) mass is 236 g/mol. The number of likely N-dealkylation sites (tertiary alicyclic amines) is 1. The van der Waals surface area contributed by atoms with Gasteiger partial charge < -0.3 is 14.8 Å². The molecule has 2 rings (SSSR count). The fraction of sp³-hybridized carbons (Fsp3) is 0.769. The predicted molar refractivity (Wildman–Crippen MR) is 69.8 cm³/mol. The Morgan fingerprint density at radius 1 is 1.41 bits per heavy atom. The van der Waals surface area contributed by atoms with E-state index < -0.39 is 0 Å². The molecule has 96 valence electrons. The Hall–Kier alpha value is -0.870. The van der Waals surface area contributed by atoms with Gasteiger partial charge in [0.05, 0.1) is 6.54 Å². The average Bonchev–Trinajstić information content (AvgIpc) is 2.73. The molecule has 0 saturated carbocycles. The fourth-order valence-electron chi connectivity index (χ4n) is 2.29. The van der Waals surface area contributed by atoms with Crippen LogP contribution in [-0.4, -0.2) is 40.6 Å². The van der Waals surface area contributed by atoms with Crippen LogP contribution in [0.25, 0.3) is 0 Å². The van der Waals surface area contributed by atoms with Crippen LogP contribution in [0.15, 0.2) is 12.4 Å². The van der Waals surface area contributed by atoms with Crippen LogP contribution in [0.5, 0.6) is 0 Å². The smallest absolute Gasteiger partial charge is 0.122 e. The van der Waals surface area contributed by atoms with Crippen molar-refractivity contribution in [1.82, 2.24) is 19.8 Å². The lowest BCUT2D eigenvalue weighted by Gasteiger charge is -2.30. The Morgan fingerprint density at radius 3 is 2.82 bits per heavy atom. The van der Waals surface area contributed by atoms with E-state index in [1.165, 1.54) is 25.9 Å². The summed E-state index contributed by atoms with van der Waals surface area (Å²) in [4.78, 5) is 6.86. The molecular weight excluding hydrogens is 212 g/mol. The first-order valence-corrected chi connectivity index (χ1v) is 6.65. The molecular formula is C13H24N4. The third kappa shape index (κ3) is 3.82. The molecule has 1 aliphatic heterocycles. The van der Waals surface area contributed by atoms with E-state index in [9.17, 15) is 0 Å². The molecule has 0 radical (unpaired) electrons. The molecule has 1 aliphatic rings. The molecule has 4 nitrogen and oxygen atoms in total. The summed E-state index contributed by atoms with van der Waals surface area (Å²) in [5.41, 5.74) is 0. The summed E-state index contributed by atoms with van der Waals surface area (Å²) in [6, 6.07) is 0. The molecule has 17 heavy (non-hydrogen) atoms. The van der Waals surface area contributed by atoms with Crippen LogP contribution in [0, 0.1) is 5.92 Å². The second-order valence-electron chi connectivity index (χ2n) is 5.16. The summed E-state index contributed by atoms with van der Waals surface area (Å²) in [6.45, 7) is 7.99. The maximum Gasteiger partial charge on any atom is 0.122 e. The quantitative estimate of drug-likeness (QED) is 0.781. The van der Waals surface area contributed by atoms with Gasteiger partial charge in [-0.15, -0.1) is 0 Å². The van der Waals surface area contributed by atoms with Crippen molar-refractivity contribution in [3.63, 3.8) is 0 Å². The number of aromatic nitrogens is 2. The molecule has 0 atom stereocenters. The Bertz CT molecular complexity index is 326. The zero-order valence-electron chi connectivity index (χ0n) is 11.0. The molecule has 0 unspecified atom stereocenters. The van der Waals surface area contributed by atoms with Gasteiger partial charge in [0, 0.05) is 32.5 Å². The third-order valence-corrected chi connectivity index (χ3v) is 3.69. The molecule has 0 aromatic carbocycles. The Labute approximate surface area is 104 Å². The van der Waals surface area contributed by atoms with Crippen molar-refractivity contribution in [3.05, 3.63) is 18.2 Å². The van der Waals surface area contributed by atoms with Crippen LogP contribution in [0.2, 0.25) is 0 Å². The largest absolute Gasteiger partial charge is 0.337 e. The molecule has 2 heterocycles. The summed E-state index contributed by atoms with van der Waals surface area (Å²) >= 11 is 0. The SMILES string of the molecule is CC1CCN(CCNCc2nccn2C)CC1. The van der Waals surface area contributed by atoms with Gasteiger partial charge in [-0.05, 0) is 31.8 Å². The highest BCUT2D eigenvalue weighted by atomic mass is 15.1. The van der Waals surface area contributed by atoms with Crippen LogP contribution >= 0.6 is 0 Å². The zero-order chi connectivity index (χ0) is 12.1. The minimum absolute atomic E-state index is 0.869. The van der Waals surface area contributed by atoms with Gasteiger partial charge in [-0.25, -0.2) is 4.98 Å². The van der Waals surface area contributed by atoms with Crippen LogP contribution in [0.3, 0.4) is 0 Å². The van der Waals surface area contributed by atoms with Gasteiger partial charge >= 0.3 is 0 Å². The van der Waals surface area contributed by atoms with Crippen molar-refractivity contribution >= 4 is 0 Å². The van der Waals surface area contributed by atoms with Gasteiger partial charge in [-0.1, -0.05) is 6.92 Å². The van der Waals surface area contributed by atoms with Gasteiger partial charge in [-0.2, -0.15) is 0 Å². The summed E-state index contributed by atoms with van der Waals surface area (Å²) in [5, 5.41) is 3.46. The Morgan fingerprint density at radius 2 is 2.18 bits per heavy atom. The molecule has 1 aromatic rings. The normalized spacial score (nSPS) is 18.7. The minimum atomic E-state index is 0.869. The first-order valence-electron chi connectivity index (χ1n) is 6.65. The molecule has 0 amide bonds. The molecule has 0 spiro atoms. The van der Waals surface area contributed by atoms with E-state index in [1.807, 2.05) is 19.4 Å². The van der Waals surface area contributed by atoms with Gasteiger partial charge in [0.25, 0.3) is 0 Å². The molecule has 4 heteroatoms. The van der Waals surface area contributed by atoms with E-state index in [-0.39, 0.29) is 0 Å². The van der Waals surface area contributed by atoms with E-state index in [0.29, 0.717) is 0 Å². The lowest BCUT2D eigenvalue weighted by molar-refractivity contribution is 0.193. The van der Waals surface area contributed by atoms with E-state index >= 15 is 0 Å². The molecule has 1 fully saturated rings. The number of imidazole rings is 1. The van der Waals surface area contributed by atoms with E-state index in [1.54, 1.807) is 0 Å². The highest BCUT2D eigenvalue weighted by Gasteiger charge is 2.14. The van der Waals surface area contributed by atoms with Gasteiger partial charge in [0.15, 0.2) is 0 Å². The Kier molecular flexibility index (Phi) is 4.57. The molecule has 1 aromatic heterocycles. The number of nitrogens with one attached hydrogen (secondary N) is 1. The van der Waals surface area contributed by atoms with Crippen LogP contribution in [-0.2, 0) is 13.6 Å². The Balaban J connectivity index is 1.59. The summed E-state index contributed by atoms with van der Waals surface area (Å²) in [6.07, 6.45) is 6.56. The second-order valence-corrected chi connectivity index (χ2v) is 5.16. The lowest BCUT2D eigenvalue weighted by Crippen LogP contribution is -2.37. The topological polar surface area (TPSA) is 33.1 Å². The summed E-state index contributed by atoms with van der Waals surface area (Å²) in [7, 11) is 2.04. The van der Waals surface area contributed by atoms with E-state index in [4.69, 9.17) is 0 Å². The number of hydrogen-bond donors (Lipinski definition) is 1. The molecule has 0 aliphatic carbocycles. The molecule has 0 bridgehead atoms. The maximum atomic E-state index is 4.30. The first kappa shape index (κ1) is 12.6. The van der Waals surface area contributed by atoms with Crippen LogP contribution < -0.4 is 5.32 Å². The number of rotatable bonds is 5. The van der Waals surface area contributed by atoms with Gasteiger partial charge in [0.1, 0.15) is 5.82 Å².